The minimum absolute atomic E-state index is 0.401. The number of rotatable bonds is 4. The molecule has 0 bridgehead atoms. The fourth-order valence-corrected chi connectivity index (χ4v) is 2.12. The number of nitrogen functional groups attached to an aromatic ring is 1. The molecule has 2 heterocycles. The molecule has 7 nitrogen and oxygen atoms in total. The molecule has 0 unspecified atom stereocenters. The summed E-state index contributed by atoms with van der Waals surface area (Å²) in [5.74, 6) is 1.64. The SMILES string of the molecule is COc1cc2nc(N)n(Cc3ccon3)c2cc1OC. The van der Waals surface area contributed by atoms with E-state index in [1.165, 1.54) is 6.26 Å². The minimum atomic E-state index is 0.401. The molecule has 3 aromatic rings. The zero-order chi connectivity index (χ0) is 14.1. The number of methoxy groups -OCH3 is 2. The van der Waals surface area contributed by atoms with E-state index in [-0.39, 0.29) is 0 Å². The van der Waals surface area contributed by atoms with Crippen LogP contribution in [0.1, 0.15) is 5.69 Å². The number of nitrogens with two attached hydrogens (primary N) is 1. The third-order valence-corrected chi connectivity index (χ3v) is 3.09. The first kappa shape index (κ1) is 12.3. The van der Waals surface area contributed by atoms with E-state index in [9.17, 15) is 0 Å². The van der Waals surface area contributed by atoms with Gasteiger partial charge in [-0.2, -0.15) is 0 Å². The Kier molecular flexibility index (Phi) is 2.94. The van der Waals surface area contributed by atoms with E-state index < -0.39 is 0 Å². The average Bonchev–Trinajstić information content (AvgIpc) is 3.06. The molecule has 0 atom stereocenters. The highest BCUT2D eigenvalue weighted by Gasteiger charge is 2.14. The Hall–Kier alpha value is -2.70. The van der Waals surface area contributed by atoms with Crippen LogP contribution in [-0.4, -0.2) is 28.9 Å². The van der Waals surface area contributed by atoms with Crippen molar-refractivity contribution in [3.05, 3.63) is 30.2 Å². The van der Waals surface area contributed by atoms with Gasteiger partial charge in [0.2, 0.25) is 5.95 Å². The molecule has 20 heavy (non-hydrogen) atoms. The standard InChI is InChI=1S/C13H14N4O3/c1-18-11-5-9-10(6-12(11)19-2)17(13(14)15-9)7-8-3-4-20-16-8/h3-6H,7H2,1-2H3,(H2,14,15). The summed E-state index contributed by atoms with van der Waals surface area (Å²) in [7, 11) is 3.17. The fourth-order valence-electron chi connectivity index (χ4n) is 2.12. The van der Waals surface area contributed by atoms with Crippen molar-refractivity contribution in [2.45, 2.75) is 6.54 Å². The molecular weight excluding hydrogens is 260 g/mol. The van der Waals surface area contributed by atoms with Crippen LogP contribution in [0.15, 0.2) is 29.0 Å². The third-order valence-electron chi connectivity index (χ3n) is 3.09. The summed E-state index contributed by atoms with van der Waals surface area (Å²) in [6, 6.07) is 5.42. The Bertz CT molecular complexity index is 734. The second kappa shape index (κ2) is 4.76. The summed E-state index contributed by atoms with van der Waals surface area (Å²) < 4.78 is 17.2. The molecule has 0 radical (unpaired) electrons. The van der Waals surface area contributed by atoms with Gasteiger partial charge in [0.1, 0.15) is 12.0 Å². The zero-order valence-corrected chi connectivity index (χ0v) is 11.2. The van der Waals surface area contributed by atoms with Crippen molar-refractivity contribution in [3.63, 3.8) is 0 Å². The Labute approximate surface area is 114 Å². The van der Waals surface area contributed by atoms with E-state index in [1.54, 1.807) is 26.4 Å². The number of ether oxygens (including phenoxy) is 2. The number of fused-ring (bicyclic) bond motifs is 1. The summed E-state index contributed by atoms with van der Waals surface area (Å²) >= 11 is 0. The minimum Gasteiger partial charge on any atom is -0.493 e. The van der Waals surface area contributed by atoms with E-state index >= 15 is 0 Å². The first-order valence-corrected chi connectivity index (χ1v) is 6.00. The van der Waals surface area contributed by atoms with Gasteiger partial charge in [0.25, 0.3) is 0 Å². The van der Waals surface area contributed by atoms with Crippen LogP contribution in [0.5, 0.6) is 11.5 Å². The lowest BCUT2D eigenvalue weighted by atomic mass is 10.2. The van der Waals surface area contributed by atoms with Gasteiger partial charge in [0.05, 0.1) is 31.8 Å². The van der Waals surface area contributed by atoms with Gasteiger partial charge >= 0.3 is 0 Å². The van der Waals surface area contributed by atoms with Gasteiger partial charge in [0.15, 0.2) is 11.5 Å². The summed E-state index contributed by atoms with van der Waals surface area (Å²) in [4.78, 5) is 4.32. The summed E-state index contributed by atoms with van der Waals surface area (Å²) in [6.45, 7) is 0.480. The molecule has 7 heteroatoms. The second-order valence-corrected chi connectivity index (χ2v) is 4.24. The molecule has 1 aromatic carbocycles. The molecule has 0 aliphatic rings. The maximum atomic E-state index is 5.96. The lowest BCUT2D eigenvalue weighted by Crippen LogP contribution is -2.04. The van der Waals surface area contributed by atoms with Crippen molar-refractivity contribution >= 4 is 17.0 Å². The van der Waals surface area contributed by atoms with E-state index in [4.69, 9.17) is 19.7 Å². The van der Waals surface area contributed by atoms with Gasteiger partial charge in [-0.05, 0) is 0 Å². The first-order valence-electron chi connectivity index (χ1n) is 6.00. The van der Waals surface area contributed by atoms with Crippen LogP contribution in [0.25, 0.3) is 11.0 Å². The maximum Gasteiger partial charge on any atom is 0.201 e. The van der Waals surface area contributed by atoms with Crippen LogP contribution in [0.4, 0.5) is 5.95 Å². The molecule has 0 aliphatic carbocycles. The summed E-state index contributed by atoms with van der Waals surface area (Å²) in [5.41, 5.74) is 8.32. The van der Waals surface area contributed by atoms with Crippen LogP contribution < -0.4 is 15.2 Å². The molecule has 2 aromatic heterocycles. The monoisotopic (exact) mass is 274 g/mol. The summed E-state index contributed by atoms with van der Waals surface area (Å²) in [6.07, 6.45) is 1.52. The number of hydrogen-bond acceptors (Lipinski definition) is 6. The molecule has 0 aliphatic heterocycles. The van der Waals surface area contributed by atoms with Gasteiger partial charge in [-0.1, -0.05) is 5.16 Å². The quantitative estimate of drug-likeness (QED) is 0.778. The van der Waals surface area contributed by atoms with Crippen LogP contribution in [0, 0.1) is 0 Å². The van der Waals surface area contributed by atoms with Gasteiger partial charge in [-0.3, -0.25) is 0 Å². The Balaban J connectivity index is 2.14. The van der Waals surface area contributed by atoms with Crippen LogP contribution in [-0.2, 0) is 6.54 Å². The lowest BCUT2D eigenvalue weighted by Gasteiger charge is -2.08. The first-order chi connectivity index (χ1) is 9.72. The number of hydrogen-bond donors (Lipinski definition) is 1. The van der Waals surface area contributed by atoms with Crippen LogP contribution in [0.3, 0.4) is 0 Å². The highest BCUT2D eigenvalue weighted by atomic mass is 16.5. The molecule has 104 valence electrons. The van der Waals surface area contributed by atoms with E-state index in [0.29, 0.717) is 24.0 Å². The third kappa shape index (κ3) is 1.93. The van der Waals surface area contributed by atoms with E-state index in [1.807, 2.05) is 10.6 Å². The molecule has 0 fully saturated rings. The Morgan fingerprint density at radius 1 is 1.25 bits per heavy atom. The molecule has 3 rings (SSSR count). The molecule has 0 spiro atoms. The van der Waals surface area contributed by atoms with Gasteiger partial charge in [-0.15, -0.1) is 0 Å². The molecular formula is C13H14N4O3. The maximum absolute atomic E-state index is 5.96. The van der Waals surface area contributed by atoms with Gasteiger partial charge in [-0.25, -0.2) is 4.98 Å². The van der Waals surface area contributed by atoms with Crippen molar-refractivity contribution < 1.29 is 14.0 Å². The number of aromatic nitrogens is 3. The van der Waals surface area contributed by atoms with Gasteiger partial charge in [0, 0.05) is 18.2 Å². The van der Waals surface area contributed by atoms with Crippen molar-refractivity contribution in [2.24, 2.45) is 0 Å². The predicted octanol–water partition coefficient (Wildman–Crippen LogP) is 1.67. The normalized spacial score (nSPS) is 10.9. The summed E-state index contributed by atoms with van der Waals surface area (Å²) in [5, 5.41) is 3.88. The second-order valence-electron chi connectivity index (χ2n) is 4.24. The van der Waals surface area contributed by atoms with Crippen molar-refractivity contribution in [1.82, 2.24) is 14.7 Å². The Morgan fingerprint density at radius 2 is 2.00 bits per heavy atom. The molecule has 0 saturated heterocycles. The number of imidazole rings is 1. The van der Waals surface area contributed by atoms with Crippen molar-refractivity contribution in [1.29, 1.82) is 0 Å². The topological polar surface area (TPSA) is 88.3 Å². The highest BCUT2D eigenvalue weighted by molar-refractivity contribution is 5.82. The number of nitrogens with zero attached hydrogens (tertiary/aromatic N) is 3. The average molecular weight is 274 g/mol. The lowest BCUT2D eigenvalue weighted by molar-refractivity contribution is 0.355. The number of anilines is 1. The predicted molar refractivity (Wildman–Crippen MR) is 72.9 cm³/mol. The van der Waals surface area contributed by atoms with Gasteiger partial charge < -0.3 is 24.3 Å². The molecule has 2 N–H and O–H groups in total. The zero-order valence-electron chi connectivity index (χ0n) is 11.2. The molecule has 0 amide bonds. The van der Waals surface area contributed by atoms with Crippen LogP contribution in [0.2, 0.25) is 0 Å². The Morgan fingerprint density at radius 3 is 2.65 bits per heavy atom. The molecule has 0 saturated carbocycles. The fraction of sp³-hybridized carbons (Fsp3) is 0.231. The van der Waals surface area contributed by atoms with Crippen molar-refractivity contribution in [2.75, 3.05) is 20.0 Å². The van der Waals surface area contributed by atoms with E-state index in [0.717, 1.165) is 16.7 Å². The van der Waals surface area contributed by atoms with E-state index in [2.05, 4.69) is 10.1 Å². The van der Waals surface area contributed by atoms with Crippen LogP contribution >= 0.6 is 0 Å². The largest absolute Gasteiger partial charge is 0.493 e. The highest BCUT2D eigenvalue weighted by Crippen LogP contribution is 2.33. The number of benzene rings is 1. The van der Waals surface area contributed by atoms with Crippen molar-refractivity contribution in [3.8, 4) is 11.5 Å². The smallest absolute Gasteiger partial charge is 0.201 e.